The average molecular weight is 678 g/mol. The molecule has 0 aliphatic rings. The van der Waals surface area contributed by atoms with Crippen LogP contribution in [0.5, 0.6) is 5.75 Å². The Morgan fingerprint density at radius 1 is 0.667 bits per heavy atom. The van der Waals surface area contributed by atoms with Crippen LogP contribution in [0.25, 0.3) is 0 Å². The summed E-state index contributed by atoms with van der Waals surface area (Å²) in [5.74, 6) is -4.58. The van der Waals surface area contributed by atoms with Crippen molar-refractivity contribution in [3.8, 4) is 5.75 Å². The lowest BCUT2D eigenvalue weighted by Crippen LogP contribution is -2.44. The van der Waals surface area contributed by atoms with Crippen LogP contribution in [0.1, 0.15) is 107 Å². The lowest BCUT2D eigenvalue weighted by Gasteiger charge is -2.17. The minimum absolute atomic E-state index is 0.137. The van der Waals surface area contributed by atoms with Crippen LogP contribution in [-0.4, -0.2) is 88.5 Å². The number of carbonyl (C=O) groups is 6. The van der Waals surface area contributed by atoms with Gasteiger partial charge in [-0.05, 0) is 69.2 Å². The Morgan fingerprint density at radius 2 is 1.19 bits per heavy atom. The zero-order valence-corrected chi connectivity index (χ0v) is 27.2. The monoisotopic (exact) mass is 677 g/mol. The van der Waals surface area contributed by atoms with Crippen LogP contribution in [-0.2, 0) is 28.8 Å². The molecule has 15 heteroatoms. The van der Waals surface area contributed by atoms with Gasteiger partial charge < -0.3 is 41.7 Å². The molecule has 0 spiro atoms. The number of carboxylic acids is 3. The summed E-state index contributed by atoms with van der Waals surface area (Å²) in [5, 5.41) is 35.2. The molecular weight excluding hydrogens is 628 g/mol. The third-order valence-corrected chi connectivity index (χ3v) is 7.42. The van der Waals surface area contributed by atoms with Crippen molar-refractivity contribution >= 4 is 41.9 Å². The van der Waals surface area contributed by atoms with Gasteiger partial charge in [0.1, 0.15) is 17.8 Å². The fraction of sp³-hybridized carbons (Fsp3) is 0.606. The van der Waals surface area contributed by atoms with Gasteiger partial charge in [0.2, 0.25) is 24.0 Å². The SMILES string of the molecule is N[C@H]([C]=O)CCCCNC(=O)CC[C@H](NC(=O)CCC(NC(=O)CCCCCCCCCOc1ccc(C(=O)O)cc1)C(=O)O)C(=O)O. The summed E-state index contributed by atoms with van der Waals surface area (Å²) in [5.41, 5.74) is 5.64. The third kappa shape index (κ3) is 19.9. The lowest BCUT2D eigenvalue weighted by atomic mass is 10.1. The van der Waals surface area contributed by atoms with Crippen LogP contribution in [0.2, 0.25) is 0 Å². The zero-order valence-electron chi connectivity index (χ0n) is 27.2. The van der Waals surface area contributed by atoms with Crippen LogP contribution < -0.4 is 26.4 Å². The molecule has 3 atom stereocenters. The number of hydrogen-bond donors (Lipinski definition) is 7. The highest BCUT2D eigenvalue weighted by molar-refractivity contribution is 5.88. The number of benzene rings is 1. The van der Waals surface area contributed by atoms with E-state index in [1.165, 1.54) is 12.1 Å². The van der Waals surface area contributed by atoms with E-state index >= 15 is 0 Å². The summed E-state index contributed by atoms with van der Waals surface area (Å²) >= 11 is 0. The van der Waals surface area contributed by atoms with Crippen LogP contribution in [0, 0.1) is 0 Å². The average Bonchev–Trinajstić information content (AvgIpc) is 3.05. The number of nitrogens with two attached hydrogens (primary N) is 1. The quantitative estimate of drug-likeness (QED) is 0.0631. The number of aromatic carboxylic acids is 1. The van der Waals surface area contributed by atoms with Crippen molar-refractivity contribution in [2.24, 2.45) is 5.73 Å². The summed E-state index contributed by atoms with van der Waals surface area (Å²) in [6.07, 6.45) is 8.61. The Bertz CT molecular complexity index is 1180. The van der Waals surface area contributed by atoms with Crippen LogP contribution in [0.3, 0.4) is 0 Å². The van der Waals surface area contributed by atoms with Crippen molar-refractivity contribution in [3.63, 3.8) is 0 Å². The standard InChI is InChI=1S/C33H49N4O11/c34-24(22-38)10-7-8-20-35-28(39)18-16-26(32(44)45)37-30(41)19-17-27(33(46)47)36-29(40)11-6-4-2-1-3-5-9-21-48-25-14-12-23(13-15-25)31(42)43/h12-15,24,26-27H,1-11,16-21,34H2,(H,35,39)(H,36,40)(H,37,41)(H,42,43)(H,44,45)(H,46,47)/t24-,26-,27?/m0/s1. The molecule has 1 unspecified atom stereocenters. The summed E-state index contributed by atoms with van der Waals surface area (Å²) in [6.45, 7) is 0.853. The smallest absolute Gasteiger partial charge is 0.335 e. The highest BCUT2D eigenvalue weighted by Crippen LogP contribution is 2.14. The molecule has 1 aromatic carbocycles. The number of unbranched alkanes of at least 4 members (excludes halogenated alkanes) is 7. The van der Waals surface area contributed by atoms with Gasteiger partial charge in [-0.25, -0.2) is 14.4 Å². The van der Waals surface area contributed by atoms with E-state index in [9.17, 15) is 43.8 Å². The first-order valence-electron chi connectivity index (χ1n) is 16.3. The van der Waals surface area contributed by atoms with Crippen LogP contribution in [0.4, 0.5) is 0 Å². The first-order valence-corrected chi connectivity index (χ1v) is 16.3. The number of carboxylic acid groups (broad SMARTS) is 3. The second-order valence-corrected chi connectivity index (χ2v) is 11.5. The van der Waals surface area contributed by atoms with Crippen LogP contribution in [0.15, 0.2) is 24.3 Å². The molecule has 1 radical (unpaired) electrons. The predicted octanol–water partition coefficient (Wildman–Crippen LogP) is 2.31. The molecule has 15 nitrogen and oxygen atoms in total. The molecule has 0 aliphatic carbocycles. The molecule has 1 aromatic rings. The van der Waals surface area contributed by atoms with Crippen molar-refractivity contribution in [1.29, 1.82) is 0 Å². The second kappa shape index (κ2) is 24.6. The fourth-order valence-corrected chi connectivity index (χ4v) is 4.62. The number of amides is 3. The van der Waals surface area contributed by atoms with E-state index in [-0.39, 0.29) is 37.7 Å². The summed E-state index contributed by atoms with van der Waals surface area (Å²) < 4.78 is 5.61. The van der Waals surface area contributed by atoms with E-state index in [1.54, 1.807) is 18.4 Å². The topological polar surface area (TPSA) is 252 Å². The molecule has 0 aromatic heterocycles. The Balaban J connectivity index is 2.20. The summed E-state index contributed by atoms with van der Waals surface area (Å²) in [4.78, 5) is 81.1. The molecule has 0 aliphatic heterocycles. The number of carbonyl (C=O) groups excluding carboxylic acids is 4. The van der Waals surface area contributed by atoms with Gasteiger partial charge in [-0.15, -0.1) is 0 Å². The second-order valence-electron chi connectivity index (χ2n) is 11.5. The van der Waals surface area contributed by atoms with Crippen molar-refractivity contribution in [1.82, 2.24) is 16.0 Å². The Morgan fingerprint density at radius 3 is 1.73 bits per heavy atom. The highest BCUT2D eigenvalue weighted by atomic mass is 16.5. The van der Waals surface area contributed by atoms with Gasteiger partial charge in [-0.1, -0.05) is 32.1 Å². The first kappa shape index (κ1) is 41.5. The molecular formula is C33H49N4O11. The molecule has 0 saturated carbocycles. The van der Waals surface area contributed by atoms with E-state index in [2.05, 4.69) is 16.0 Å². The van der Waals surface area contributed by atoms with Gasteiger partial charge in [0, 0.05) is 25.8 Å². The van der Waals surface area contributed by atoms with Crippen molar-refractivity contribution in [2.75, 3.05) is 13.2 Å². The van der Waals surface area contributed by atoms with Gasteiger partial charge in [-0.2, -0.15) is 0 Å². The molecule has 0 heterocycles. The van der Waals surface area contributed by atoms with E-state index in [1.807, 2.05) is 0 Å². The third-order valence-electron chi connectivity index (χ3n) is 7.42. The molecule has 0 bridgehead atoms. The molecule has 0 fully saturated rings. The minimum Gasteiger partial charge on any atom is -0.494 e. The zero-order chi connectivity index (χ0) is 35.7. The number of hydrogen-bond acceptors (Lipinski definition) is 9. The number of aliphatic carboxylic acids is 2. The predicted molar refractivity (Wildman–Crippen MR) is 174 cm³/mol. The fourth-order valence-electron chi connectivity index (χ4n) is 4.62. The first-order chi connectivity index (χ1) is 22.9. The number of ether oxygens (including phenoxy) is 1. The van der Waals surface area contributed by atoms with Gasteiger partial charge in [0.15, 0.2) is 0 Å². The maximum absolute atomic E-state index is 12.3. The van der Waals surface area contributed by atoms with Crippen molar-refractivity contribution in [3.05, 3.63) is 29.8 Å². The Hall–Kier alpha value is -4.53. The van der Waals surface area contributed by atoms with E-state index in [0.29, 0.717) is 44.6 Å². The van der Waals surface area contributed by atoms with Gasteiger partial charge >= 0.3 is 17.9 Å². The Kier molecular flexibility index (Phi) is 21.3. The highest BCUT2D eigenvalue weighted by Gasteiger charge is 2.24. The van der Waals surface area contributed by atoms with E-state index in [0.717, 1.165) is 38.5 Å². The minimum atomic E-state index is -1.35. The molecule has 267 valence electrons. The molecule has 0 saturated heterocycles. The van der Waals surface area contributed by atoms with E-state index < -0.39 is 53.8 Å². The summed E-state index contributed by atoms with van der Waals surface area (Å²) in [7, 11) is 0. The molecule has 1 rings (SSSR count). The molecule has 8 N–H and O–H groups in total. The van der Waals surface area contributed by atoms with Gasteiger partial charge in [0.25, 0.3) is 0 Å². The van der Waals surface area contributed by atoms with Gasteiger partial charge in [-0.3, -0.25) is 19.2 Å². The maximum atomic E-state index is 12.3. The molecule has 3 amide bonds. The van der Waals surface area contributed by atoms with Crippen molar-refractivity contribution < 1.29 is 53.6 Å². The number of nitrogens with one attached hydrogen (secondary N) is 3. The van der Waals surface area contributed by atoms with E-state index in [4.69, 9.17) is 15.6 Å². The molecule has 48 heavy (non-hydrogen) atoms. The van der Waals surface area contributed by atoms with Gasteiger partial charge in [0.05, 0.1) is 18.2 Å². The lowest BCUT2D eigenvalue weighted by molar-refractivity contribution is -0.143. The van der Waals surface area contributed by atoms with Crippen molar-refractivity contribution in [2.45, 2.75) is 114 Å². The largest absolute Gasteiger partial charge is 0.494 e. The number of rotatable bonds is 28. The maximum Gasteiger partial charge on any atom is 0.335 e. The van der Waals surface area contributed by atoms with Crippen LogP contribution >= 0.6 is 0 Å². The summed E-state index contributed by atoms with van der Waals surface area (Å²) in [6, 6.07) is 2.91. The Labute approximate surface area is 280 Å². The normalized spacial score (nSPS) is 12.6.